The standard InChI is InChI=1S/C19H22BrNO3S/c1-24-14-11-15-3-9-18(10-4-15)25(22,23)21-19(12-2-13-19)16-5-7-17(20)8-6-16/h3-10,21H,2,11-14H2,1H3. The Labute approximate surface area is 157 Å². The van der Waals surface area contributed by atoms with Gasteiger partial charge in [0.25, 0.3) is 0 Å². The summed E-state index contributed by atoms with van der Waals surface area (Å²) >= 11 is 3.43. The van der Waals surface area contributed by atoms with E-state index >= 15 is 0 Å². The van der Waals surface area contributed by atoms with E-state index < -0.39 is 15.6 Å². The number of rotatable bonds is 7. The minimum Gasteiger partial charge on any atom is -0.384 e. The molecule has 1 saturated carbocycles. The third-order valence-electron chi connectivity index (χ3n) is 4.76. The van der Waals surface area contributed by atoms with Crippen LogP contribution in [0.2, 0.25) is 0 Å². The van der Waals surface area contributed by atoms with E-state index in [1.807, 2.05) is 36.4 Å². The fourth-order valence-corrected chi connectivity index (χ4v) is 4.83. The number of methoxy groups -OCH3 is 1. The van der Waals surface area contributed by atoms with Crippen LogP contribution in [0.3, 0.4) is 0 Å². The molecule has 0 bridgehead atoms. The molecule has 0 saturated heterocycles. The van der Waals surface area contributed by atoms with Gasteiger partial charge in [-0.05, 0) is 61.1 Å². The summed E-state index contributed by atoms with van der Waals surface area (Å²) in [7, 11) is -1.91. The Morgan fingerprint density at radius 1 is 1.08 bits per heavy atom. The molecule has 1 fully saturated rings. The fraction of sp³-hybridized carbons (Fsp3) is 0.368. The van der Waals surface area contributed by atoms with Gasteiger partial charge in [-0.1, -0.05) is 40.2 Å². The molecule has 0 amide bonds. The highest BCUT2D eigenvalue weighted by atomic mass is 79.9. The lowest BCUT2D eigenvalue weighted by molar-refractivity contribution is 0.202. The number of hydrogen-bond donors (Lipinski definition) is 1. The Morgan fingerprint density at radius 2 is 1.72 bits per heavy atom. The van der Waals surface area contributed by atoms with Gasteiger partial charge in [0.1, 0.15) is 0 Å². The van der Waals surface area contributed by atoms with Gasteiger partial charge in [-0.3, -0.25) is 0 Å². The number of benzene rings is 2. The number of nitrogens with one attached hydrogen (secondary N) is 1. The number of sulfonamides is 1. The quantitative estimate of drug-likeness (QED) is 0.731. The van der Waals surface area contributed by atoms with Crippen molar-refractivity contribution in [2.24, 2.45) is 0 Å². The minimum absolute atomic E-state index is 0.303. The molecule has 1 aliphatic carbocycles. The normalized spacial score (nSPS) is 16.4. The highest BCUT2D eigenvalue weighted by Gasteiger charge is 2.42. The van der Waals surface area contributed by atoms with Crippen LogP contribution in [0.25, 0.3) is 0 Å². The Hall–Kier alpha value is -1.21. The van der Waals surface area contributed by atoms with E-state index in [0.29, 0.717) is 11.5 Å². The first-order valence-electron chi connectivity index (χ1n) is 8.33. The molecule has 2 aromatic rings. The zero-order chi connectivity index (χ0) is 17.9. The van der Waals surface area contributed by atoms with Gasteiger partial charge in [0.15, 0.2) is 0 Å². The summed E-state index contributed by atoms with van der Waals surface area (Å²) in [6, 6.07) is 14.9. The van der Waals surface area contributed by atoms with Gasteiger partial charge in [-0.15, -0.1) is 0 Å². The third-order valence-corrected chi connectivity index (χ3v) is 6.84. The summed E-state index contributed by atoms with van der Waals surface area (Å²) in [6.07, 6.45) is 3.43. The van der Waals surface area contributed by atoms with Crippen molar-refractivity contribution >= 4 is 26.0 Å². The summed E-state index contributed by atoms with van der Waals surface area (Å²) in [4.78, 5) is 0.303. The van der Waals surface area contributed by atoms with Crippen molar-refractivity contribution in [3.05, 3.63) is 64.1 Å². The van der Waals surface area contributed by atoms with E-state index in [1.165, 1.54) is 0 Å². The summed E-state index contributed by atoms with van der Waals surface area (Å²) < 4.78 is 34.7. The monoisotopic (exact) mass is 423 g/mol. The van der Waals surface area contributed by atoms with Crippen LogP contribution in [0.5, 0.6) is 0 Å². The lowest BCUT2D eigenvalue weighted by Crippen LogP contribution is -2.50. The Kier molecular flexibility index (Phi) is 5.63. The molecule has 3 rings (SSSR count). The topological polar surface area (TPSA) is 55.4 Å². The van der Waals surface area contributed by atoms with Crippen molar-refractivity contribution in [3.8, 4) is 0 Å². The predicted molar refractivity (Wildman–Crippen MR) is 102 cm³/mol. The second kappa shape index (κ2) is 7.58. The van der Waals surface area contributed by atoms with Crippen LogP contribution in [-0.4, -0.2) is 22.1 Å². The first-order valence-corrected chi connectivity index (χ1v) is 10.6. The van der Waals surface area contributed by atoms with Gasteiger partial charge < -0.3 is 4.74 Å². The highest BCUT2D eigenvalue weighted by molar-refractivity contribution is 9.10. The SMILES string of the molecule is COCCc1ccc(S(=O)(=O)NC2(c3ccc(Br)cc3)CCC2)cc1. The molecule has 2 aromatic carbocycles. The number of ether oxygens (including phenoxy) is 1. The maximum atomic E-state index is 12.9. The van der Waals surface area contributed by atoms with Gasteiger partial charge >= 0.3 is 0 Å². The third kappa shape index (κ3) is 4.14. The molecule has 134 valence electrons. The number of hydrogen-bond acceptors (Lipinski definition) is 3. The van der Waals surface area contributed by atoms with Crippen molar-refractivity contribution in [1.82, 2.24) is 4.72 Å². The molecule has 25 heavy (non-hydrogen) atoms. The highest BCUT2D eigenvalue weighted by Crippen LogP contribution is 2.42. The van der Waals surface area contributed by atoms with Crippen LogP contribution in [0.4, 0.5) is 0 Å². The average molecular weight is 424 g/mol. The molecule has 0 spiro atoms. The van der Waals surface area contributed by atoms with Crippen molar-refractivity contribution in [3.63, 3.8) is 0 Å². The van der Waals surface area contributed by atoms with Crippen molar-refractivity contribution in [1.29, 1.82) is 0 Å². The molecule has 4 nitrogen and oxygen atoms in total. The predicted octanol–water partition coefficient (Wildman–Crippen LogP) is 4.00. The summed E-state index contributed by atoms with van der Waals surface area (Å²) in [5.74, 6) is 0. The first-order chi connectivity index (χ1) is 12.0. The van der Waals surface area contributed by atoms with Crippen LogP contribution in [-0.2, 0) is 26.7 Å². The summed E-state index contributed by atoms with van der Waals surface area (Å²) in [6.45, 7) is 0.622. The van der Waals surface area contributed by atoms with Crippen molar-refractivity contribution in [2.45, 2.75) is 36.1 Å². The van der Waals surface area contributed by atoms with Gasteiger partial charge in [-0.2, -0.15) is 0 Å². The smallest absolute Gasteiger partial charge is 0.241 e. The van der Waals surface area contributed by atoms with Gasteiger partial charge in [0.2, 0.25) is 10.0 Å². The molecule has 1 N–H and O–H groups in total. The summed E-state index contributed by atoms with van der Waals surface area (Å²) in [5, 5.41) is 0. The Balaban J connectivity index is 1.81. The van der Waals surface area contributed by atoms with Crippen molar-refractivity contribution < 1.29 is 13.2 Å². The van der Waals surface area contributed by atoms with E-state index in [2.05, 4.69) is 20.7 Å². The maximum Gasteiger partial charge on any atom is 0.241 e. The van der Waals surface area contributed by atoms with E-state index in [-0.39, 0.29) is 0 Å². The minimum atomic E-state index is -3.57. The molecule has 0 aromatic heterocycles. The van der Waals surface area contributed by atoms with E-state index in [9.17, 15) is 8.42 Å². The van der Waals surface area contributed by atoms with Crippen LogP contribution in [0, 0.1) is 0 Å². The van der Waals surface area contributed by atoms with Crippen LogP contribution < -0.4 is 4.72 Å². The number of halogens is 1. The second-order valence-electron chi connectivity index (χ2n) is 6.43. The molecule has 6 heteroatoms. The lowest BCUT2D eigenvalue weighted by atomic mass is 9.73. The molecule has 0 heterocycles. The Bertz CT molecular complexity index is 813. The zero-order valence-electron chi connectivity index (χ0n) is 14.2. The van der Waals surface area contributed by atoms with E-state index in [1.54, 1.807) is 19.2 Å². The molecule has 0 aliphatic heterocycles. The average Bonchev–Trinajstić information content (AvgIpc) is 2.57. The molecule has 0 unspecified atom stereocenters. The molecular weight excluding hydrogens is 402 g/mol. The molecule has 0 radical (unpaired) electrons. The van der Waals surface area contributed by atoms with E-state index in [0.717, 1.165) is 41.3 Å². The lowest BCUT2D eigenvalue weighted by Gasteiger charge is -2.42. The fourth-order valence-electron chi connectivity index (χ4n) is 3.12. The first kappa shape index (κ1) is 18.6. The second-order valence-corrected chi connectivity index (χ2v) is 9.03. The molecule has 1 aliphatic rings. The summed E-state index contributed by atoms with van der Waals surface area (Å²) in [5.41, 5.74) is 1.59. The van der Waals surface area contributed by atoms with Crippen LogP contribution >= 0.6 is 15.9 Å². The molecule has 0 atom stereocenters. The maximum absolute atomic E-state index is 12.9. The van der Waals surface area contributed by atoms with Crippen LogP contribution in [0.1, 0.15) is 30.4 Å². The Morgan fingerprint density at radius 3 is 2.24 bits per heavy atom. The molecular formula is C19H22BrNO3S. The van der Waals surface area contributed by atoms with Gasteiger partial charge in [0.05, 0.1) is 17.0 Å². The van der Waals surface area contributed by atoms with Gasteiger partial charge in [-0.25, -0.2) is 13.1 Å². The van der Waals surface area contributed by atoms with Crippen molar-refractivity contribution in [2.75, 3.05) is 13.7 Å². The largest absolute Gasteiger partial charge is 0.384 e. The van der Waals surface area contributed by atoms with Gasteiger partial charge in [0, 0.05) is 11.6 Å². The zero-order valence-corrected chi connectivity index (χ0v) is 16.6. The van der Waals surface area contributed by atoms with Crippen LogP contribution in [0.15, 0.2) is 57.9 Å². The van der Waals surface area contributed by atoms with E-state index in [4.69, 9.17) is 4.74 Å².